The van der Waals surface area contributed by atoms with Gasteiger partial charge in [0.25, 0.3) is 0 Å². The van der Waals surface area contributed by atoms with Crippen molar-refractivity contribution in [2.75, 3.05) is 10.6 Å². The van der Waals surface area contributed by atoms with E-state index in [0.717, 1.165) is 0 Å². The third-order valence-electron chi connectivity index (χ3n) is 4.15. The lowest BCUT2D eigenvalue weighted by atomic mass is 10.1. The Labute approximate surface area is 169 Å². The molecule has 29 heavy (non-hydrogen) atoms. The van der Waals surface area contributed by atoms with E-state index in [1.165, 1.54) is 0 Å². The molecule has 2 heterocycles. The molecule has 3 rings (SSSR count). The number of rotatable bonds is 8. The summed E-state index contributed by atoms with van der Waals surface area (Å²) in [6, 6.07) is 13.9. The molecule has 0 saturated carbocycles. The van der Waals surface area contributed by atoms with Crippen LogP contribution in [0, 0.1) is 5.92 Å². The van der Waals surface area contributed by atoms with Crippen molar-refractivity contribution >= 4 is 23.3 Å². The third-order valence-corrected chi connectivity index (χ3v) is 4.15. The number of benzene rings is 1. The molecule has 0 spiro atoms. The molecule has 7 heteroatoms. The van der Waals surface area contributed by atoms with Gasteiger partial charge >= 0.3 is 6.03 Å². The smallest absolute Gasteiger partial charge is 0.322 e. The molecule has 0 aliphatic heterocycles. The maximum absolute atomic E-state index is 12.8. The predicted octanol–water partition coefficient (Wildman–Crippen LogP) is 5.09. The van der Waals surface area contributed by atoms with Gasteiger partial charge in [0.15, 0.2) is 0 Å². The third kappa shape index (κ3) is 6.27. The minimum absolute atomic E-state index is 0.0279. The minimum atomic E-state index is -0.283. The first-order valence-electron chi connectivity index (χ1n) is 9.50. The summed E-state index contributed by atoms with van der Waals surface area (Å²) in [5.41, 5.74) is 1.32. The molecule has 0 radical (unpaired) electrons. The van der Waals surface area contributed by atoms with E-state index in [4.69, 9.17) is 8.83 Å². The highest BCUT2D eigenvalue weighted by Crippen LogP contribution is 2.17. The van der Waals surface area contributed by atoms with E-state index < -0.39 is 0 Å². The van der Waals surface area contributed by atoms with Gasteiger partial charge in [0.1, 0.15) is 11.5 Å². The van der Waals surface area contributed by atoms with Gasteiger partial charge in [-0.1, -0.05) is 13.8 Å². The molecule has 2 N–H and O–H groups in total. The van der Waals surface area contributed by atoms with E-state index >= 15 is 0 Å². The topological polar surface area (TPSA) is 87.7 Å². The van der Waals surface area contributed by atoms with Crippen LogP contribution >= 0.6 is 0 Å². The maximum Gasteiger partial charge on any atom is 0.322 e. The van der Waals surface area contributed by atoms with Crippen molar-refractivity contribution in [2.45, 2.75) is 33.4 Å². The molecule has 3 amide bonds. The molecule has 1 aromatic carbocycles. The van der Waals surface area contributed by atoms with Crippen molar-refractivity contribution in [3.8, 4) is 0 Å². The van der Waals surface area contributed by atoms with E-state index in [-0.39, 0.29) is 11.9 Å². The fourth-order valence-corrected chi connectivity index (χ4v) is 2.80. The second-order valence-corrected chi connectivity index (χ2v) is 7.17. The van der Waals surface area contributed by atoms with Crippen molar-refractivity contribution < 1.29 is 18.4 Å². The molecule has 0 unspecified atom stereocenters. The number of nitrogens with one attached hydrogen (secondary N) is 2. The Morgan fingerprint density at radius 1 is 0.862 bits per heavy atom. The number of furan rings is 2. The SMILES string of the molecule is CC(C)CC(=O)Nc1ccc(NC(=O)N(Cc2ccco2)Cc2ccco2)cc1. The van der Waals surface area contributed by atoms with E-state index in [0.29, 0.717) is 48.3 Å². The van der Waals surface area contributed by atoms with Crippen molar-refractivity contribution in [1.82, 2.24) is 4.90 Å². The molecule has 0 aliphatic carbocycles. The van der Waals surface area contributed by atoms with Gasteiger partial charge in [0.2, 0.25) is 5.91 Å². The summed E-state index contributed by atoms with van der Waals surface area (Å²) in [5.74, 6) is 1.62. The van der Waals surface area contributed by atoms with Crippen LogP contribution in [0.5, 0.6) is 0 Å². The highest BCUT2D eigenvalue weighted by Gasteiger charge is 2.17. The van der Waals surface area contributed by atoms with E-state index in [2.05, 4.69) is 10.6 Å². The molecular formula is C22H25N3O4. The fourth-order valence-electron chi connectivity index (χ4n) is 2.80. The number of hydrogen-bond acceptors (Lipinski definition) is 4. The van der Waals surface area contributed by atoms with Gasteiger partial charge in [-0.05, 0) is 54.4 Å². The normalized spacial score (nSPS) is 10.7. The van der Waals surface area contributed by atoms with Gasteiger partial charge in [-0.3, -0.25) is 4.79 Å². The number of amides is 3. The fraction of sp³-hybridized carbons (Fsp3) is 0.273. The lowest BCUT2D eigenvalue weighted by molar-refractivity contribution is -0.116. The standard InChI is InChI=1S/C22H25N3O4/c1-16(2)13-21(26)23-17-7-9-18(10-8-17)24-22(27)25(14-19-5-3-11-28-19)15-20-6-4-12-29-20/h3-12,16H,13-15H2,1-2H3,(H,23,26)(H,24,27). The van der Waals surface area contributed by atoms with Gasteiger partial charge in [0.05, 0.1) is 25.6 Å². The summed E-state index contributed by atoms with van der Waals surface area (Å²) in [7, 11) is 0. The molecule has 0 fully saturated rings. The monoisotopic (exact) mass is 395 g/mol. The first-order chi connectivity index (χ1) is 14.0. The maximum atomic E-state index is 12.8. The van der Waals surface area contributed by atoms with E-state index in [1.54, 1.807) is 53.8 Å². The van der Waals surface area contributed by atoms with Gasteiger partial charge < -0.3 is 24.4 Å². The average Bonchev–Trinajstić information content (AvgIpc) is 3.36. The van der Waals surface area contributed by atoms with Crippen LogP contribution in [0.3, 0.4) is 0 Å². The highest BCUT2D eigenvalue weighted by molar-refractivity contribution is 5.92. The largest absolute Gasteiger partial charge is 0.467 e. The molecule has 0 aliphatic rings. The minimum Gasteiger partial charge on any atom is -0.467 e. The Morgan fingerprint density at radius 3 is 1.83 bits per heavy atom. The number of urea groups is 1. The summed E-state index contributed by atoms with van der Waals surface area (Å²) in [6.07, 6.45) is 3.61. The zero-order valence-corrected chi connectivity index (χ0v) is 16.6. The summed E-state index contributed by atoms with van der Waals surface area (Å²) >= 11 is 0. The summed E-state index contributed by atoms with van der Waals surface area (Å²) in [4.78, 5) is 26.3. The molecule has 0 atom stereocenters. The summed E-state index contributed by atoms with van der Waals surface area (Å²) in [5, 5.41) is 5.72. The van der Waals surface area contributed by atoms with Crippen LogP contribution in [-0.4, -0.2) is 16.8 Å². The van der Waals surface area contributed by atoms with Gasteiger partial charge in [-0.25, -0.2) is 4.79 Å². The van der Waals surface area contributed by atoms with E-state index in [9.17, 15) is 9.59 Å². The number of nitrogens with zero attached hydrogens (tertiary/aromatic N) is 1. The Kier molecular flexibility index (Phi) is 6.73. The molecule has 7 nitrogen and oxygen atoms in total. The van der Waals surface area contributed by atoms with Crippen molar-refractivity contribution in [3.63, 3.8) is 0 Å². The highest BCUT2D eigenvalue weighted by atomic mass is 16.3. The van der Waals surface area contributed by atoms with Crippen LogP contribution in [0.15, 0.2) is 69.9 Å². The molecule has 3 aromatic rings. The Morgan fingerprint density at radius 2 is 1.38 bits per heavy atom. The van der Waals surface area contributed by atoms with Crippen LogP contribution in [0.25, 0.3) is 0 Å². The quantitative estimate of drug-likeness (QED) is 0.556. The summed E-state index contributed by atoms with van der Waals surface area (Å²) in [6.45, 7) is 4.61. The second-order valence-electron chi connectivity index (χ2n) is 7.17. The second kappa shape index (κ2) is 9.64. The van der Waals surface area contributed by atoms with Crippen LogP contribution in [0.2, 0.25) is 0 Å². The zero-order chi connectivity index (χ0) is 20.6. The van der Waals surface area contributed by atoms with Crippen LogP contribution in [-0.2, 0) is 17.9 Å². The summed E-state index contributed by atoms with van der Waals surface area (Å²) < 4.78 is 10.7. The molecule has 2 aromatic heterocycles. The van der Waals surface area contributed by atoms with Crippen molar-refractivity contribution in [2.24, 2.45) is 5.92 Å². The lowest BCUT2D eigenvalue weighted by Gasteiger charge is -2.21. The molecule has 0 bridgehead atoms. The number of carbonyl (C=O) groups excluding carboxylic acids is 2. The average molecular weight is 395 g/mol. The van der Waals surface area contributed by atoms with Gasteiger partial charge in [0, 0.05) is 17.8 Å². The Bertz CT molecular complexity index is 864. The first kappa shape index (κ1) is 20.3. The predicted molar refractivity (Wildman–Crippen MR) is 110 cm³/mol. The van der Waals surface area contributed by atoms with Gasteiger partial charge in [-0.2, -0.15) is 0 Å². The molecule has 0 saturated heterocycles. The molecular weight excluding hydrogens is 370 g/mol. The van der Waals surface area contributed by atoms with Crippen molar-refractivity contribution in [3.05, 3.63) is 72.6 Å². The van der Waals surface area contributed by atoms with Crippen LogP contribution in [0.4, 0.5) is 16.2 Å². The number of carbonyl (C=O) groups is 2. The zero-order valence-electron chi connectivity index (χ0n) is 16.6. The van der Waals surface area contributed by atoms with Crippen LogP contribution < -0.4 is 10.6 Å². The van der Waals surface area contributed by atoms with Crippen LogP contribution in [0.1, 0.15) is 31.8 Å². The van der Waals surface area contributed by atoms with Gasteiger partial charge in [-0.15, -0.1) is 0 Å². The Hall–Kier alpha value is -3.48. The lowest BCUT2D eigenvalue weighted by Crippen LogP contribution is -2.33. The molecule has 152 valence electrons. The van der Waals surface area contributed by atoms with E-state index in [1.807, 2.05) is 26.0 Å². The Balaban J connectivity index is 1.63. The first-order valence-corrected chi connectivity index (χ1v) is 9.50. The van der Waals surface area contributed by atoms with Crippen molar-refractivity contribution in [1.29, 1.82) is 0 Å². The number of hydrogen-bond donors (Lipinski definition) is 2. The number of anilines is 2.